The van der Waals surface area contributed by atoms with Gasteiger partial charge in [-0.05, 0) is 30.3 Å². The van der Waals surface area contributed by atoms with E-state index in [0.717, 1.165) is 5.69 Å². The first-order valence-electron chi connectivity index (χ1n) is 7.00. The van der Waals surface area contributed by atoms with Crippen molar-refractivity contribution in [2.45, 2.75) is 11.3 Å². The van der Waals surface area contributed by atoms with Crippen molar-refractivity contribution in [3.8, 4) is 0 Å². The summed E-state index contributed by atoms with van der Waals surface area (Å²) in [5.41, 5.74) is 1.02. The summed E-state index contributed by atoms with van der Waals surface area (Å²) in [5, 5.41) is 0. The van der Waals surface area contributed by atoms with Gasteiger partial charge in [0.25, 0.3) is 0 Å². The summed E-state index contributed by atoms with van der Waals surface area (Å²) < 4.78 is 31.0. The second-order valence-corrected chi connectivity index (χ2v) is 6.96. The van der Waals surface area contributed by atoms with Gasteiger partial charge < -0.3 is 4.74 Å². The van der Waals surface area contributed by atoms with Gasteiger partial charge in [-0.1, -0.05) is 12.1 Å². The standard InChI is InChI=1S/C16H18N2O4S/c1-18(11-9-14-7-3-4-10-17-14)23(20,21)15-8-5-6-13(12-15)16(19)22-2/h3-8,10,12H,9,11H2,1-2H3. The zero-order chi connectivity index (χ0) is 16.9. The smallest absolute Gasteiger partial charge is 0.337 e. The molecule has 0 atom stereocenters. The molecule has 1 aromatic carbocycles. The number of ether oxygens (including phenoxy) is 1. The van der Waals surface area contributed by atoms with E-state index in [-0.39, 0.29) is 10.5 Å². The summed E-state index contributed by atoms with van der Waals surface area (Å²) >= 11 is 0. The van der Waals surface area contributed by atoms with Crippen LogP contribution in [0.5, 0.6) is 0 Å². The van der Waals surface area contributed by atoms with E-state index in [4.69, 9.17) is 0 Å². The third-order valence-electron chi connectivity index (χ3n) is 3.37. The molecule has 0 saturated heterocycles. The van der Waals surface area contributed by atoms with Crippen LogP contribution in [0.3, 0.4) is 0 Å². The number of aromatic nitrogens is 1. The molecule has 122 valence electrons. The molecule has 0 aliphatic heterocycles. The molecule has 6 nitrogen and oxygen atoms in total. The van der Waals surface area contributed by atoms with Crippen LogP contribution in [0.1, 0.15) is 16.1 Å². The lowest BCUT2D eigenvalue weighted by atomic mass is 10.2. The van der Waals surface area contributed by atoms with Gasteiger partial charge in [0.1, 0.15) is 0 Å². The first-order chi connectivity index (χ1) is 10.9. The normalized spacial score (nSPS) is 11.4. The number of esters is 1. The zero-order valence-electron chi connectivity index (χ0n) is 13.0. The van der Waals surface area contributed by atoms with Crippen LogP contribution in [0.2, 0.25) is 0 Å². The monoisotopic (exact) mass is 334 g/mol. The molecule has 0 amide bonds. The number of hydrogen-bond acceptors (Lipinski definition) is 5. The van der Waals surface area contributed by atoms with Gasteiger partial charge in [0.2, 0.25) is 10.0 Å². The largest absolute Gasteiger partial charge is 0.465 e. The lowest BCUT2D eigenvalue weighted by Crippen LogP contribution is -2.29. The fourth-order valence-corrected chi connectivity index (χ4v) is 3.24. The van der Waals surface area contributed by atoms with Crippen molar-refractivity contribution in [1.29, 1.82) is 0 Å². The van der Waals surface area contributed by atoms with E-state index in [2.05, 4.69) is 9.72 Å². The Hall–Kier alpha value is -2.25. The van der Waals surface area contributed by atoms with Crippen molar-refractivity contribution in [2.24, 2.45) is 0 Å². The van der Waals surface area contributed by atoms with E-state index < -0.39 is 16.0 Å². The molecule has 0 unspecified atom stereocenters. The van der Waals surface area contributed by atoms with Gasteiger partial charge in [0.15, 0.2) is 0 Å². The van der Waals surface area contributed by atoms with Crippen molar-refractivity contribution in [1.82, 2.24) is 9.29 Å². The Morgan fingerprint density at radius 1 is 1.22 bits per heavy atom. The van der Waals surface area contributed by atoms with Gasteiger partial charge in [-0.25, -0.2) is 17.5 Å². The number of methoxy groups -OCH3 is 1. The summed E-state index contributed by atoms with van der Waals surface area (Å²) in [6, 6.07) is 11.3. The van der Waals surface area contributed by atoms with Gasteiger partial charge in [0.05, 0.1) is 17.6 Å². The molecule has 7 heteroatoms. The van der Waals surface area contributed by atoms with Crippen molar-refractivity contribution >= 4 is 16.0 Å². The molecule has 0 spiro atoms. The number of likely N-dealkylation sites (N-methyl/N-ethyl adjacent to an activating group) is 1. The molecule has 0 aliphatic rings. The van der Waals surface area contributed by atoms with Gasteiger partial charge in [-0.15, -0.1) is 0 Å². The van der Waals surface area contributed by atoms with E-state index >= 15 is 0 Å². The van der Waals surface area contributed by atoms with E-state index in [1.807, 2.05) is 18.2 Å². The second-order valence-electron chi connectivity index (χ2n) is 4.92. The van der Waals surface area contributed by atoms with Crippen LogP contribution in [-0.2, 0) is 21.2 Å². The van der Waals surface area contributed by atoms with Crippen LogP contribution in [0.25, 0.3) is 0 Å². The number of pyridine rings is 1. The Morgan fingerprint density at radius 2 is 2.00 bits per heavy atom. The van der Waals surface area contributed by atoms with Gasteiger partial charge in [-0.3, -0.25) is 4.98 Å². The Bertz CT molecular complexity index is 776. The molecule has 23 heavy (non-hydrogen) atoms. The van der Waals surface area contributed by atoms with Crippen molar-refractivity contribution < 1.29 is 17.9 Å². The van der Waals surface area contributed by atoms with Crippen molar-refractivity contribution in [2.75, 3.05) is 20.7 Å². The average molecular weight is 334 g/mol. The third kappa shape index (κ3) is 4.14. The molecule has 2 rings (SSSR count). The minimum absolute atomic E-state index is 0.0592. The number of hydrogen-bond donors (Lipinski definition) is 0. The highest BCUT2D eigenvalue weighted by atomic mass is 32.2. The lowest BCUT2D eigenvalue weighted by molar-refractivity contribution is 0.0600. The fraction of sp³-hybridized carbons (Fsp3) is 0.250. The minimum Gasteiger partial charge on any atom is -0.465 e. The number of rotatable bonds is 6. The molecule has 2 aromatic rings. The topological polar surface area (TPSA) is 76.6 Å². The van der Waals surface area contributed by atoms with Crippen LogP contribution in [0.4, 0.5) is 0 Å². The average Bonchev–Trinajstić information content (AvgIpc) is 2.59. The van der Waals surface area contributed by atoms with Crippen LogP contribution in [0.15, 0.2) is 53.6 Å². The van der Waals surface area contributed by atoms with Crippen LogP contribution < -0.4 is 0 Å². The predicted molar refractivity (Wildman–Crippen MR) is 85.5 cm³/mol. The Labute approximate surface area is 135 Å². The number of carbonyl (C=O) groups is 1. The summed E-state index contributed by atoms with van der Waals surface area (Å²) in [6.07, 6.45) is 2.18. The van der Waals surface area contributed by atoms with Crippen LogP contribution >= 0.6 is 0 Å². The molecule has 1 heterocycles. The summed E-state index contributed by atoms with van der Waals surface area (Å²) in [6.45, 7) is 0.293. The van der Waals surface area contributed by atoms with E-state index in [9.17, 15) is 13.2 Å². The maximum atomic E-state index is 12.6. The molecule has 0 N–H and O–H groups in total. The molecule has 0 bridgehead atoms. The Morgan fingerprint density at radius 3 is 2.65 bits per heavy atom. The second kappa shape index (κ2) is 7.34. The minimum atomic E-state index is -3.68. The number of nitrogens with zero attached hydrogens (tertiary/aromatic N) is 2. The fourth-order valence-electron chi connectivity index (χ4n) is 2.02. The first kappa shape index (κ1) is 17.1. The van der Waals surface area contributed by atoms with E-state index in [0.29, 0.717) is 13.0 Å². The highest BCUT2D eigenvalue weighted by molar-refractivity contribution is 7.89. The Kier molecular flexibility index (Phi) is 5.46. The molecule has 0 radical (unpaired) electrons. The lowest BCUT2D eigenvalue weighted by Gasteiger charge is -2.17. The number of sulfonamides is 1. The highest BCUT2D eigenvalue weighted by Crippen LogP contribution is 2.17. The molecule has 0 aliphatic carbocycles. The maximum absolute atomic E-state index is 12.6. The quantitative estimate of drug-likeness (QED) is 0.752. The SMILES string of the molecule is COC(=O)c1cccc(S(=O)(=O)N(C)CCc2ccccn2)c1. The van der Waals surface area contributed by atoms with Gasteiger partial charge >= 0.3 is 5.97 Å². The van der Waals surface area contributed by atoms with Crippen LogP contribution in [-0.4, -0.2) is 44.4 Å². The van der Waals surface area contributed by atoms with Crippen LogP contribution in [0, 0.1) is 0 Å². The third-order valence-corrected chi connectivity index (χ3v) is 5.23. The van der Waals surface area contributed by atoms with Crippen molar-refractivity contribution in [3.05, 3.63) is 59.9 Å². The maximum Gasteiger partial charge on any atom is 0.337 e. The van der Waals surface area contributed by atoms with E-state index in [1.54, 1.807) is 6.20 Å². The predicted octanol–water partition coefficient (Wildman–Crippen LogP) is 1.73. The zero-order valence-corrected chi connectivity index (χ0v) is 13.8. The van der Waals surface area contributed by atoms with Gasteiger partial charge in [0, 0.05) is 31.9 Å². The molecular weight excluding hydrogens is 316 g/mol. The molecule has 0 fully saturated rings. The molecular formula is C16H18N2O4S. The number of carbonyl (C=O) groups excluding carboxylic acids is 1. The van der Waals surface area contributed by atoms with Crippen molar-refractivity contribution in [3.63, 3.8) is 0 Å². The molecule has 0 saturated carbocycles. The Balaban J connectivity index is 2.15. The number of benzene rings is 1. The summed E-state index contributed by atoms with van der Waals surface area (Å²) in [4.78, 5) is 15.8. The summed E-state index contributed by atoms with van der Waals surface area (Å²) in [5.74, 6) is -0.571. The highest BCUT2D eigenvalue weighted by Gasteiger charge is 2.22. The van der Waals surface area contributed by atoms with E-state index in [1.165, 1.54) is 42.7 Å². The van der Waals surface area contributed by atoms with Gasteiger partial charge in [-0.2, -0.15) is 0 Å². The first-order valence-corrected chi connectivity index (χ1v) is 8.44. The summed E-state index contributed by atoms with van der Waals surface area (Å²) in [7, 11) is -0.920. The molecule has 1 aromatic heterocycles.